The second-order valence-electron chi connectivity index (χ2n) is 4.93. The highest BCUT2D eigenvalue weighted by Gasteiger charge is 2.13. The van der Waals surface area contributed by atoms with Gasteiger partial charge in [0.2, 0.25) is 0 Å². The summed E-state index contributed by atoms with van der Waals surface area (Å²) >= 11 is 9.55. The maximum Gasteiger partial charge on any atom is 0.128 e. The summed E-state index contributed by atoms with van der Waals surface area (Å²) in [4.78, 5) is 4.43. The van der Waals surface area contributed by atoms with Gasteiger partial charge in [0.05, 0.1) is 23.5 Å². The van der Waals surface area contributed by atoms with E-state index < -0.39 is 0 Å². The van der Waals surface area contributed by atoms with Gasteiger partial charge in [0.25, 0.3) is 0 Å². The van der Waals surface area contributed by atoms with E-state index in [0.29, 0.717) is 23.5 Å². The molecule has 0 radical (unpaired) electrons. The Balaban J connectivity index is 2.16. The van der Waals surface area contributed by atoms with Crippen molar-refractivity contribution in [3.8, 4) is 0 Å². The van der Waals surface area contributed by atoms with Crippen molar-refractivity contribution in [3.05, 3.63) is 63.6 Å². The minimum atomic E-state index is -0.242. The number of hydrogen-bond acceptors (Lipinski definition) is 1. The Morgan fingerprint density at radius 1 is 1.29 bits per heavy atom. The molecule has 0 fully saturated rings. The highest BCUT2D eigenvalue weighted by Crippen LogP contribution is 2.24. The molecule has 0 unspecified atom stereocenters. The molecule has 1 aromatic heterocycles. The van der Waals surface area contributed by atoms with Crippen LogP contribution in [0.1, 0.15) is 17.0 Å². The third kappa shape index (κ3) is 2.70. The molecule has 0 spiro atoms. The highest BCUT2D eigenvalue weighted by atomic mass is 79.9. The Morgan fingerprint density at radius 3 is 2.76 bits per heavy atom. The summed E-state index contributed by atoms with van der Waals surface area (Å²) in [7, 11) is 0. The number of benzene rings is 2. The van der Waals surface area contributed by atoms with E-state index in [-0.39, 0.29) is 5.82 Å². The Bertz CT molecular complexity index is 813. The summed E-state index contributed by atoms with van der Waals surface area (Å²) in [6.07, 6.45) is 0. The minimum absolute atomic E-state index is 0.242. The lowest BCUT2D eigenvalue weighted by molar-refractivity contribution is 0.620. The van der Waals surface area contributed by atoms with Gasteiger partial charge in [0.1, 0.15) is 11.6 Å². The van der Waals surface area contributed by atoms with Crippen molar-refractivity contribution >= 4 is 38.6 Å². The molecule has 0 saturated carbocycles. The van der Waals surface area contributed by atoms with Gasteiger partial charge >= 0.3 is 0 Å². The first-order valence-corrected chi connectivity index (χ1v) is 7.87. The fraction of sp³-hybridized carbons (Fsp3) is 0.188. The first-order valence-electron chi connectivity index (χ1n) is 6.55. The molecule has 5 heteroatoms. The van der Waals surface area contributed by atoms with Crippen molar-refractivity contribution in [1.82, 2.24) is 9.55 Å². The van der Waals surface area contributed by atoms with E-state index >= 15 is 0 Å². The largest absolute Gasteiger partial charge is 0.322 e. The number of aromatic nitrogens is 2. The molecule has 1 heterocycles. The van der Waals surface area contributed by atoms with Crippen LogP contribution in [-0.4, -0.2) is 9.55 Å². The van der Waals surface area contributed by atoms with Crippen LogP contribution in [-0.2, 0) is 12.4 Å². The summed E-state index contributed by atoms with van der Waals surface area (Å²) < 4.78 is 16.8. The summed E-state index contributed by atoms with van der Waals surface area (Å²) in [5.41, 5.74) is 3.28. The molecule has 0 saturated heterocycles. The molecule has 2 aromatic carbocycles. The van der Waals surface area contributed by atoms with Gasteiger partial charge in [-0.3, -0.25) is 0 Å². The molecule has 3 aromatic rings. The van der Waals surface area contributed by atoms with Crippen LogP contribution in [0.25, 0.3) is 11.0 Å². The van der Waals surface area contributed by atoms with Crippen LogP contribution in [0.2, 0.25) is 0 Å². The zero-order valence-electron chi connectivity index (χ0n) is 11.4. The van der Waals surface area contributed by atoms with E-state index in [1.54, 1.807) is 6.92 Å². The number of nitrogens with zero attached hydrogens (tertiary/aromatic N) is 2. The Kier molecular flexibility index (Phi) is 4.00. The molecule has 108 valence electrons. The van der Waals surface area contributed by atoms with E-state index in [1.807, 2.05) is 34.9 Å². The highest BCUT2D eigenvalue weighted by molar-refractivity contribution is 9.10. The SMILES string of the molecule is Cc1cc2c(cc1F)nc(CCl)n2Cc1ccccc1Br. The number of imidazole rings is 1. The van der Waals surface area contributed by atoms with E-state index in [9.17, 15) is 4.39 Å². The molecule has 0 aliphatic heterocycles. The topological polar surface area (TPSA) is 17.8 Å². The van der Waals surface area contributed by atoms with Gasteiger partial charge in [-0.2, -0.15) is 0 Å². The fourth-order valence-corrected chi connectivity index (χ4v) is 2.99. The predicted octanol–water partition coefficient (Wildman–Crippen LogP) is 5.03. The lowest BCUT2D eigenvalue weighted by atomic mass is 10.2. The fourth-order valence-electron chi connectivity index (χ4n) is 2.38. The van der Waals surface area contributed by atoms with Crippen LogP contribution in [0.5, 0.6) is 0 Å². The molecule has 0 bridgehead atoms. The summed E-state index contributed by atoms with van der Waals surface area (Å²) in [5.74, 6) is 0.793. The van der Waals surface area contributed by atoms with Gasteiger partial charge in [-0.1, -0.05) is 34.1 Å². The van der Waals surface area contributed by atoms with Crippen LogP contribution >= 0.6 is 27.5 Å². The monoisotopic (exact) mass is 366 g/mol. The smallest absolute Gasteiger partial charge is 0.128 e. The van der Waals surface area contributed by atoms with Gasteiger partial charge in [0, 0.05) is 10.5 Å². The van der Waals surface area contributed by atoms with Gasteiger partial charge in [-0.05, 0) is 30.2 Å². The van der Waals surface area contributed by atoms with Gasteiger partial charge in [0.15, 0.2) is 0 Å². The molecule has 0 aliphatic carbocycles. The van der Waals surface area contributed by atoms with Crippen molar-refractivity contribution in [3.63, 3.8) is 0 Å². The molecule has 0 N–H and O–H groups in total. The minimum Gasteiger partial charge on any atom is -0.322 e. The van der Waals surface area contributed by atoms with E-state index in [2.05, 4.69) is 20.9 Å². The van der Waals surface area contributed by atoms with Crippen molar-refractivity contribution in [2.24, 2.45) is 0 Å². The van der Waals surface area contributed by atoms with Crippen LogP contribution in [0.4, 0.5) is 4.39 Å². The van der Waals surface area contributed by atoms with Crippen molar-refractivity contribution in [2.45, 2.75) is 19.3 Å². The van der Waals surface area contributed by atoms with Crippen LogP contribution in [0, 0.1) is 12.7 Å². The van der Waals surface area contributed by atoms with Crippen molar-refractivity contribution in [2.75, 3.05) is 0 Å². The number of rotatable bonds is 3. The number of alkyl halides is 1. The second kappa shape index (κ2) is 5.78. The quantitative estimate of drug-likeness (QED) is 0.593. The van der Waals surface area contributed by atoms with Gasteiger partial charge < -0.3 is 4.57 Å². The van der Waals surface area contributed by atoms with E-state index in [4.69, 9.17) is 11.6 Å². The molecule has 21 heavy (non-hydrogen) atoms. The van der Waals surface area contributed by atoms with Gasteiger partial charge in [-0.15, -0.1) is 11.6 Å². The normalized spacial score (nSPS) is 11.2. The summed E-state index contributed by atoms with van der Waals surface area (Å²) in [6.45, 7) is 2.40. The van der Waals surface area contributed by atoms with Crippen LogP contribution in [0.15, 0.2) is 40.9 Å². The molecule has 0 amide bonds. The Morgan fingerprint density at radius 2 is 2.05 bits per heavy atom. The molecule has 0 atom stereocenters. The Hall–Kier alpha value is -1.39. The second-order valence-corrected chi connectivity index (χ2v) is 6.05. The van der Waals surface area contributed by atoms with Crippen LogP contribution in [0.3, 0.4) is 0 Å². The molecule has 2 nitrogen and oxygen atoms in total. The van der Waals surface area contributed by atoms with E-state index in [0.717, 1.165) is 21.4 Å². The maximum atomic E-state index is 13.7. The zero-order valence-corrected chi connectivity index (χ0v) is 13.7. The van der Waals surface area contributed by atoms with Crippen LogP contribution < -0.4 is 0 Å². The average Bonchev–Trinajstić information content (AvgIpc) is 2.79. The molecule has 0 aliphatic rings. The Labute approximate surface area is 135 Å². The lowest BCUT2D eigenvalue weighted by Crippen LogP contribution is -2.04. The predicted molar refractivity (Wildman–Crippen MR) is 87.2 cm³/mol. The van der Waals surface area contributed by atoms with E-state index in [1.165, 1.54) is 6.07 Å². The van der Waals surface area contributed by atoms with Gasteiger partial charge in [-0.25, -0.2) is 9.37 Å². The average molecular weight is 368 g/mol. The van der Waals surface area contributed by atoms with Crippen molar-refractivity contribution < 1.29 is 4.39 Å². The molecular weight excluding hydrogens is 355 g/mol. The number of halogens is 3. The first kappa shape index (κ1) is 14.5. The lowest BCUT2D eigenvalue weighted by Gasteiger charge is -2.10. The number of fused-ring (bicyclic) bond motifs is 1. The third-order valence-electron chi connectivity index (χ3n) is 3.51. The zero-order chi connectivity index (χ0) is 15.0. The summed E-state index contributed by atoms with van der Waals surface area (Å²) in [6, 6.07) is 11.3. The van der Waals surface area contributed by atoms with Crippen molar-refractivity contribution in [1.29, 1.82) is 0 Å². The number of aryl methyl sites for hydroxylation is 1. The first-order chi connectivity index (χ1) is 10.1. The summed E-state index contributed by atoms with van der Waals surface area (Å²) in [5, 5.41) is 0. The number of hydrogen-bond donors (Lipinski definition) is 0. The third-order valence-corrected chi connectivity index (χ3v) is 4.53. The molecular formula is C16H13BrClFN2. The maximum absolute atomic E-state index is 13.7. The molecule has 3 rings (SSSR count). The standard InChI is InChI=1S/C16H13BrClFN2/c1-10-6-15-14(7-13(10)19)20-16(8-18)21(15)9-11-4-2-3-5-12(11)17/h2-7H,8-9H2,1H3.